The van der Waals surface area contributed by atoms with Crippen LogP contribution in [0.1, 0.15) is 26.4 Å². The third-order valence-corrected chi connectivity index (χ3v) is 2.54. The summed E-state index contributed by atoms with van der Waals surface area (Å²) in [5.74, 6) is -1.48. The average Bonchev–Trinajstić information content (AvgIpc) is 2.46. The highest BCUT2D eigenvalue weighted by molar-refractivity contribution is 5.92. The molecule has 102 valence electrons. The van der Waals surface area contributed by atoms with Gasteiger partial charge in [0.1, 0.15) is 5.69 Å². The van der Waals surface area contributed by atoms with Gasteiger partial charge in [0.15, 0.2) is 0 Å². The highest BCUT2D eigenvalue weighted by Gasteiger charge is 2.08. The highest BCUT2D eigenvalue weighted by Crippen LogP contribution is 2.05. The van der Waals surface area contributed by atoms with Gasteiger partial charge < -0.3 is 10.4 Å². The summed E-state index contributed by atoms with van der Waals surface area (Å²) in [4.78, 5) is 33.4. The number of nitrogens with one attached hydrogen (secondary N) is 2. The molecule has 0 radical (unpaired) electrons. The van der Waals surface area contributed by atoms with Crippen molar-refractivity contribution in [3.63, 3.8) is 0 Å². The van der Waals surface area contributed by atoms with Crippen LogP contribution >= 0.6 is 0 Å². The molecule has 0 spiro atoms. The number of aromatic nitrogens is 2. The number of benzene rings is 1. The maximum Gasteiger partial charge on any atom is 0.335 e. The summed E-state index contributed by atoms with van der Waals surface area (Å²) < 4.78 is 0. The van der Waals surface area contributed by atoms with Crippen molar-refractivity contribution in [1.82, 2.24) is 15.5 Å². The summed E-state index contributed by atoms with van der Waals surface area (Å²) in [5.41, 5.74) is 0.497. The van der Waals surface area contributed by atoms with E-state index in [9.17, 15) is 14.4 Å². The molecule has 1 aromatic carbocycles. The molecular weight excluding hydrogens is 262 g/mol. The van der Waals surface area contributed by atoms with Crippen LogP contribution in [0.3, 0.4) is 0 Å². The van der Waals surface area contributed by atoms with Crippen molar-refractivity contribution in [2.75, 3.05) is 0 Å². The van der Waals surface area contributed by atoms with Crippen LogP contribution in [0.25, 0.3) is 0 Å². The Morgan fingerprint density at radius 1 is 1.25 bits per heavy atom. The van der Waals surface area contributed by atoms with Gasteiger partial charge >= 0.3 is 5.97 Å². The normalized spacial score (nSPS) is 10.0. The van der Waals surface area contributed by atoms with E-state index in [0.29, 0.717) is 5.56 Å². The van der Waals surface area contributed by atoms with Crippen molar-refractivity contribution >= 4 is 11.9 Å². The lowest BCUT2D eigenvalue weighted by atomic mass is 10.1. The zero-order chi connectivity index (χ0) is 14.5. The minimum absolute atomic E-state index is 0.0824. The maximum absolute atomic E-state index is 11.7. The van der Waals surface area contributed by atoms with Crippen molar-refractivity contribution in [3.8, 4) is 0 Å². The molecule has 1 aromatic heterocycles. The number of nitrogens with zero attached hydrogens (tertiary/aromatic N) is 1. The van der Waals surface area contributed by atoms with E-state index in [4.69, 9.17) is 5.11 Å². The number of hydrogen-bond donors (Lipinski definition) is 3. The standard InChI is InChI=1S/C13H11N3O4/c17-11-5-4-10(15-16-11)12(18)14-7-8-2-1-3-9(6-8)13(19)20/h1-6H,7H2,(H,14,18)(H,16,17)(H,19,20). The molecule has 0 saturated heterocycles. The van der Waals surface area contributed by atoms with Gasteiger partial charge in [-0.3, -0.25) is 9.59 Å². The van der Waals surface area contributed by atoms with Gasteiger partial charge in [0.05, 0.1) is 5.56 Å². The van der Waals surface area contributed by atoms with E-state index < -0.39 is 17.4 Å². The topological polar surface area (TPSA) is 112 Å². The molecule has 3 N–H and O–H groups in total. The van der Waals surface area contributed by atoms with Crippen LogP contribution in [0.5, 0.6) is 0 Å². The summed E-state index contributed by atoms with van der Waals surface area (Å²) in [6, 6.07) is 8.76. The van der Waals surface area contributed by atoms with Crippen molar-refractivity contribution in [2.45, 2.75) is 6.54 Å². The third-order valence-electron chi connectivity index (χ3n) is 2.54. The van der Waals surface area contributed by atoms with Crippen LogP contribution in [0.4, 0.5) is 0 Å². The molecule has 0 aliphatic rings. The molecule has 0 aliphatic heterocycles. The van der Waals surface area contributed by atoms with Gasteiger partial charge in [-0.1, -0.05) is 12.1 Å². The molecule has 1 amide bonds. The molecule has 0 aliphatic carbocycles. The maximum atomic E-state index is 11.7. The number of rotatable bonds is 4. The molecular formula is C13H11N3O4. The van der Waals surface area contributed by atoms with Crippen LogP contribution in [-0.4, -0.2) is 27.2 Å². The van der Waals surface area contributed by atoms with E-state index in [1.165, 1.54) is 24.3 Å². The minimum Gasteiger partial charge on any atom is -0.478 e. The second-order valence-corrected chi connectivity index (χ2v) is 3.99. The Hall–Kier alpha value is -2.96. The van der Waals surface area contributed by atoms with Crippen LogP contribution < -0.4 is 10.9 Å². The number of hydrogen-bond acceptors (Lipinski definition) is 4. The average molecular weight is 273 g/mol. The van der Waals surface area contributed by atoms with E-state index in [1.807, 2.05) is 0 Å². The molecule has 1 heterocycles. The summed E-state index contributed by atoms with van der Waals surface area (Å²) >= 11 is 0. The fourth-order valence-corrected chi connectivity index (χ4v) is 1.56. The van der Waals surface area contributed by atoms with Gasteiger partial charge in [-0.15, -0.1) is 0 Å². The van der Waals surface area contributed by atoms with Crippen LogP contribution in [0, 0.1) is 0 Å². The monoisotopic (exact) mass is 273 g/mol. The van der Waals surface area contributed by atoms with E-state index in [2.05, 4.69) is 15.5 Å². The molecule has 20 heavy (non-hydrogen) atoms. The quantitative estimate of drug-likeness (QED) is 0.746. The van der Waals surface area contributed by atoms with Gasteiger partial charge in [0.2, 0.25) is 0 Å². The van der Waals surface area contributed by atoms with Crippen LogP contribution in [-0.2, 0) is 6.54 Å². The van der Waals surface area contributed by atoms with Gasteiger partial charge in [0, 0.05) is 12.6 Å². The predicted molar refractivity (Wildman–Crippen MR) is 69.4 cm³/mol. The van der Waals surface area contributed by atoms with Crippen molar-refractivity contribution in [1.29, 1.82) is 0 Å². The van der Waals surface area contributed by atoms with Gasteiger partial charge in [0.25, 0.3) is 11.5 Å². The summed E-state index contributed by atoms with van der Waals surface area (Å²) in [6.07, 6.45) is 0. The van der Waals surface area contributed by atoms with Crippen LogP contribution in [0.2, 0.25) is 0 Å². The zero-order valence-electron chi connectivity index (χ0n) is 10.3. The molecule has 0 bridgehead atoms. The Balaban J connectivity index is 2.03. The number of H-pyrrole nitrogens is 1. The Kier molecular flexibility index (Phi) is 3.90. The smallest absolute Gasteiger partial charge is 0.335 e. The lowest BCUT2D eigenvalue weighted by molar-refractivity contribution is 0.0696. The second kappa shape index (κ2) is 5.79. The van der Waals surface area contributed by atoms with Crippen molar-refractivity contribution < 1.29 is 14.7 Å². The molecule has 2 aromatic rings. The Bertz CT molecular complexity index is 688. The molecule has 0 fully saturated rings. The van der Waals surface area contributed by atoms with Gasteiger partial charge in [-0.05, 0) is 23.8 Å². The summed E-state index contributed by atoms with van der Waals surface area (Å²) in [7, 11) is 0. The van der Waals surface area contributed by atoms with Gasteiger partial charge in [-0.2, -0.15) is 5.10 Å². The Morgan fingerprint density at radius 3 is 2.70 bits per heavy atom. The first-order valence-corrected chi connectivity index (χ1v) is 5.72. The SMILES string of the molecule is O=C(O)c1cccc(CNC(=O)c2ccc(=O)[nH]n2)c1. The number of carbonyl (C=O) groups is 2. The lowest BCUT2D eigenvalue weighted by Gasteiger charge is -2.05. The third kappa shape index (κ3) is 3.29. The number of carboxylic acids is 1. The highest BCUT2D eigenvalue weighted by atomic mass is 16.4. The number of carbonyl (C=O) groups excluding carboxylic acids is 1. The first-order chi connectivity index (χ1) is 9.56. The minimum atomic E-state index is -1.03. The fraction of sp³-hybridized carbons (Fsp3) is 0.0769. The van der Waals surface area contributed by atoms with Crippen molar-refractivity contribution in [3.05, 3.63) is 63.6 Å². The van der Waals surface area contributed by atoms with E-state index in [0.717, 1.165) is 0 Å². The number of carboxylic acid groups (broad SMARTS) is 1. The Morgan fingerprint density at radius 2 is 2.05 bits per heavy atom. The fourth-order valence-electron chi connectivity index (χ4n) is 1.56. The molecule has 2 rings (SSSR count). The first-order valence-electron chi connectivity index (χ1n) is 5.72. The predicted octanol–water partition coefficient (Wildman–Crippen LogP) is 0.398. The number of amides is 1. The molecule has 0 saturated carbocycles. The second-order valence-electron chi connectivity index (χ2n) is 3.99. The largest absolute Gasteiger partial charge is 0.478 e. The van der Waals surface area contributed by atoms with E-state index in [-0.39, 0.29) is 17.8 Å². The van der Waals surface area contributed by atoms with Crippen LogP contribution in [0.15, 0.2) is 41.2 Å². The van der Waals surface area contributed by atoms with Gasteiger partial charge in [-0.25, -0.2) is 9.89 Å². The summed E-state index contributed by atoms with van der Waals surface area (Å²) in [6.45, 7) is 0.167. The summed E-state index contributed by atoms with van der Waals surface area (Å²) in [5, 5.41) is 17.2. The number of aromatic amines is 1. The lowest BCUT2D eigenvalue weighted by Crippen LogP contribution is -2.25. The molecule has 0 atom stereocenters. The van der Waals surface area contributed by atoms with Crippen molar-refractivity contribution in [2.24, 2.45) is 0 Å². The van der Waals surface area contributed by atoms with E-state index in [1.54, 1.807) is 12.1 Å². The molecule has 7 heteroatoms. The first kappa shape index (κ1) is 13.5. The Labute approximate surface area is 113 Å². The molecule has 7 nitrogen and oxygen atoms in total. The number of aromatic carboxylic acids is 1. The molecule has 0 unspecified atom stereocenters. The zero-order valence-corrected chi connectivity index (χ0v) is 10.3. The van der Waals surface area contributed by atoms with E-state index >= 15 is 0 Å².